The number of fused-ring (bicyclic) bond motifs is 1. The molecule has 1 aromatic carbocycles. The number of hydrogen-bond acceptors (Lipinski definition) is 5. The summed E-state index contributed by atoms with van der Waals surface area (Å²) in [5.41, 5.74) is 3.84. The maximum atomic E-state index is 13.3. The molecule has 1 saturated heterocycles. The predicted octanol–water partition coefficient (Wildman–Crippen LogP) is 4.01. The molecule has 29 heavy (non-hydrogen) atoms. The van der Waals surface area contributed by atoms with Crippen LogP contribution in [0.5, 0.6) is 11.5 Å². The first-order valence-corrected chi connectivity index (χ1v) is 10.3. The molecule has 0 spiro atoms. The van der Waals surface area contributed by atoms with Crippen LogP contribution in [0.3, 0.4) is 0 Å². The van der Waals surface area contributed by atoms with E-state index in [4.69, 9.17) is 9.47 Å². The van der Waals surface area contributed by atoms with Crippen molar-refractivity contribution in [2.45, 2.75) is 52.6 Å². The number of benzene rings is 1. The topological polar surface area (TPSA) is 71.6 Å². The summed E-state index contributed by atoms with van der Waals surface area (Å²) in [5, 5.41) is 0. The Bertz CT molecular complexity index is 962. The molecule has 0 radical (unpaired) electrons. The van der Waals surface area contributed by atoms with Crippen LogP contribution in [0.25, 0.3) is 0 Å². The van der Waals surface area contributed by atoms with Crippen LogP contribution in [-0.4, -0.2) is 47.3 Å². The lowest BCUT2D eigenvalue weighted by Crippen LogP contribution is -2.39. The zero-order valence-electron chi connectivity index (χ0n) is 17.5. The highest BCUT2D eigenvalue weighted by molar-refractivity contribution is 6.05. The van der Waals surface area contributed by atoms with E-state index in [1.807, 2.05) is 32.9 Å². The normalized spacial score (nSPS) is 19.9. The van der Waals surface area contributed by atoms with E-state index in [9.17, 15) is 9.59 Å². The first-order valence-electron chi connectivity index (χ1n) is 10.3. The molecule has 2 aliphatic rings. The van der Waals surface area contributed by atoms with Gasteiger partial charge in [0.15, 0.2) is 23.1 Å². The van der Waals surface area contributed by atoms with E-state index in [1.165, 1.54) is 0 Å². The zero-order chi connectivity index (χ0) is 20.7. The summed E-state index contributed by atoms with van der Waals surface area (Å²) in [6.45, 7) is 9.20. The third-order valence-corrected chi connectivity index (χ3v) is 6.16. The third kappa shape index (κ3) is 3.46. The summed E-state index contributed by atoms with van der Waals surface area (Å²) in [6, 6.07) is 5.96. The summed E-state index contributed by atoms with van der Waals surface area (Å²) < 4.78 is 11.4. The molecule has 0 amide bonds. The molecule has 4 rings (SSSR count). The van der Waals surface area contributed by atoms with Crippen molar-refractivity contribution in [3.05, 3.63) is 46.3 Å². The van der Waals surface area contributed by atoms with Gasteiger partial charge in [-0.15, -0.1) is 0 Å². The van der Waals surface area contributed by atoms with E-state index >= 15 is 0 Å². The van der Waals surface area contributed by atoms with E-state index in [0.717, 1.165) is 47.7 Å². The number of nitrogens with one attached hydrogen (secondary N) is 1. The highest BCUT2D eigenvalue weighted by Crippen LogP contribution is 2.39. The number of ether oxygens (including phenoxy) is 2. The molecule has 1 fully saturated rings. The van der Waals surface area contributed by atoms with Gasteiger partial charge in [0.2, 0.25) is 0 Å². The molecule has 0 bridgehead atoms. The van der Waals surface area contributed by atoms with Crippen LogP contribution in [0.1, 0.15) is 70.4 Å². The third-order valence-electron chi connectivity index (χ3n) is 6.16. The van der Waals surface area contributed by atoms with Crippen molar-refractivity contribution in [3.8, 4) is 11.5 Å². The van der Waals surface area contributed by atoms with Crippen molar-refractivity contribution in [1.29, 1.82) is 0 Å². The number of aryl methyl sites for hydroxylation is 1. The fourth-order valence-electron chi connectivity index (χ4n) is 4.76. The lowest BCUT2D eigenvalue weighted by molar-refractivity contribution is 0.0814. The van der Waals surface area contributed by atoms with Crippen molar-refractivity contribution in [2.75, 3.05) is 19.8 Å². The van der Waals surface area contributed by atoms with Crippen LogP contribution in [-0.2, 0) is 0 Å². The van der Waals surface area contributed by atoms with E-state index in [0.29, 0.717) is 24.5 Å². The van der Waals surface area contributed by atoms with Gasteiger partial charge in [0.25, 0.3) is 0 Å². The van der Waals surface area contributed by atoms with Crippen LogP contribution in [0.15, 0.2) is 18.2 Å². The second kappa shape index (κ2) is 7.67. The Labute approximate surface area is 171 Å². The van der Waals surface area contributed by atoms with Gasteiger partial charge in [-0.3, -0.25) is 14.5 Å². The number of hydrogen-bond donors (Lipinski definition) is 1. The number of aromatic nitrogens is 1. The minimum atomic E-state index is -0.285. The number of H-pyrrole nitrogens is 1. The second-order valence-electron chi connectivity index (χ2n) is 8.02. The highest BCUT2D eigenvalue weighted by Gasteiger charge is 2.35. The van der Waals surface area contributed by atoms with Gasteiger partial charge in [-0.2, -0.15) is 0 Å². The standard InChI is InChI=1S/C23H28N2O4/c1-13-21(16(4)26)14(2)24-22(13)23(27)15(3)25-9-5-6-18(25)17-7-8-19-20(12-17)29-11-10-28-19/h7-8,12,15,18,24H,5-6,9-11H2,1-4H3/t15-,18-/m1/s1. The maximum Gasteiger partial charge on any atom is 0.196 e. The monoisotopic (exact) mass is 396 g/mol. The largest absolute Gasteiger partial charge is 0.486 e. The smallest absolute Gasteiger partial charge is 0.196 e. The van der Waals surface area contributed by atoms with Crippen molar-refractivity contribution in [3.63, 3.8) is 0 Å². The Hall–Kier alpha value is -2.60. The van der Waals surface area contributed by atoms with Crippen LogP contribution in [0.2, 0.25) is 0 Å². The van der Waals surface area contributed by atoms with Crippen molar-refractivity contribution < 1.29 is 19.1 Å². The average Bonchev–Trinajstić information content (AvgIpc) is 3.30. The summed E-state index contributed by atoms with van der Waals surface area (Å²) >= 11 is 0. The Morgan fingerprint density at radius 3 is 2.59 bits per heavy atom. The van der Waals surface area contributed by atoms with Gasteiger partial charge >= 0.3 is 0 Å². The van der Waals surface area contributed by atoms with Crippen LogP contribution in [0.4, 0.5) is 0 Å². The number of likely N-dealkylation sites (tertiary alicyclic amines) is 1. The number of carbonyl (C=O) groups excluding carboxylic acids is 2. The molecule has 0 saturated carbocycles. The van der Waals surface area contributed by atoms with Crippen LogP contribution >= 0.6 is 0 Å². The Balaban J connectivity index is 1.60. The van der Waals surface area contributed by atoms with Crippen LogP contribution < -0.4 is 9.47 Å². The minimum Gasteiger partial charge on any atom is -0.486 e. The molecule has 6 heteroatoms. The van der Waals surface area contributed by atoms with Gasteiger partial charge in [0.05, 0.1) is 11.7 Å². The molecule has 6 nitrogen and oxygen atoms in total. The van der Waals surface area contributed by atoms with E-state index < -0.39 is 0 Å². The molecule has 154 valence electrons. The van der Waals surface area contributed by atoms with E-state index in [1.54, 1.807) is 6.92 Å². The molecule has 1 aromatic heterocycles. The molecular formula is C23H28N2O4. The van der Waals surface area contributed by atoms with Crippen molar-refractivity contribution in [1.82, 2.24) is 9.88 Å². The molecule has 1 N–H and O–H groups in total. The van der Waals surface area contributed by atoms with Gasteiger partial charge in [-0.25, -0.2) is 0 Å². The Morgan fingerprint density at radius 1 is 1.17 bits per heavy atom. The molecule has 0 aliphatic carbocycles. The molecule has 3 heterocycles. The molecule has 2 aromatic rings. The Kier molecular flexibility index (Phi) is 5.21. The van der Waals surface area contributed by atoms with Gasteiger partial charge < -0.3 is 14.5 Å². The lowest BCUT2D eigenvalue weighted by atomic mass is 9.99. The SMILES string of the molecule is CC(=O)c1c(C)[nH]c(C(=O)[C@@H](C)N2CCC[C@@H]2c2ccc3c(c2)OCCO3)c1C. The highest BCUT2D eigenvalue weighted by atomic mass is 16.6. The number of rotatable bonds is 5. The summed E-state index contributed by atoms with van der Waals surface area (Å²) in [4.78, 5) is 30.7. The average molecular weight is 396 g/mol. The quantitative estimate of drug-likeness (QED) is 0.773. The van der Waals surface area contributed by atoms with Crippen molar-refractivity contribution >= 4 is 11.6 Å². The fourth-order valence-corrected chi connectivity index (χ4v) is 4.76. The molecular weight excluding hydrogens is 368 g/mol. The van der Waals surface area contributed by atoms with E-state index in [-0.39, 0.29) is 23.7 Å². The fraction of sp³-hybridized carbons (Fsp3) is 0.478. The van der Waals surface area contributed by atoms with Crippen LogP contribution in [0, 0.1) is 13.8 Å². The van der Waals surface area contributed by atoms with Gasteiger partial charge in [0, 0.05) is 17.3 Å². The molecule has 2 aliphatic heterocycles. The molecule has 2 atom stereocenters. The first-order chi connectivity index (χ1) is 13.9. The van der Waals surface area contributed by atoms with Gasteiger partial charge in [-0.05, 0) is 70.3 Å². The van der Waals surface area contributed by atoms with Gasteiger partial charge in [-0.1, -0.05) is 6.07 Å². The van der Waals surface area contributed by atoms with E-state index in [2.05, 4.69) is 16.0 Å². The lowest BCUT2D eigenvalue weighted by Gasteiger charge is -2.30. The summed E-state index contributed by atoms with van der Waals surface area (Å²) in [6.07, 6.45) is 2.04. The van der Waals surface area contributed by atoms with Crippen molar-refractivity contribution in [2.24, 2.45) is 0 Å². The second-order valence-corrected chi connectivity index (χ2v) is 8.02. The number of carbonyl (C=O) groups is 2. The number of aromatic amines is 1. The predicted molar refractivity (Wildman–Crippen MR) is 110 cm³/mol. The summed E-state index contributed by atoms with van der Waals surface area (Å²) in [5.74, 6) is 1.57. The molecule has 0 unspecified atom stereocenters. The number of nitrogens with zero attached hydrogens (tertiary/aromatic N) is 1. The maximum absolute atomic E-state index is 13.3. The zero-order valence-corrected chi connectivity index (χ0v) is 17.5. The number of ketones is 2. The first kappa shape index (κ1) is 19.7. The minimum absolute atomic E-state index is 0.0155. The Morgan fingerprint density at radius 2 is 1.90 bits per heavy atom. The summed E-state index contributed by atoms with van der Waals surface area (Å²) in [7, 11) is 0. The van der Waals surface area contributed by atoms with Gasteiger partial charge in [0.1, 0.15) is 13.2 Å². The number of Topliss-reactive ketones (excluding diaryl/α,β-unsaturated/α-hetero) is 2.